The van der Waals surface area contributed by atoms with E-state index in [-0.39, 0.29) is 6.54 Å². The minimum Gasteiger partial charge on any atom is -0.497 e. The lowest BCUT2D eigenvalue weighted by atomic mass is 10.2. The molecule has 0 aliphatic carbocycles. The molecule has 0 atom stereocenters. The van der Waals surface area contributed by atoms with E-state index in [0.29, 0.717) is 5.75 Å². The first-order valence-electron chi connectivity index (χ1n) is 4.95. The molecule has 0 aromatic heterocycles. The second-order valence-corrected chi connectivity index (χ2v) is 3.51. The van der Waals surface area contributed by atoms with Gasteiger partial charge in [-0.2, -0.15) is 8.78 Å². The smallest absolute Gasteiger partial charge is 0.319 e. The van der Waals surface area contributed by atoms with E-state index in [1.807, 2.05) is 0 Å². The fraction of sp³-hybridized carbons (Fsp3) is 0.455. The Bertz CT molecular complexity index is 340. The standard InChI is InChI=1S/C11H13F4NO/c1-17-9-4-2-8(3-5-9)6-16-7-11(14,15)10(12)13/h2-5,10,16H,6-7H2,1H3. The number of halogens is 4. The average Bonchev–Trinajstić information content (AvgIpc) is 2.29. The second kappa shape index (κ2) is 5.86. The lowest BCUT2D eigenvalue weighted by Crippen LogP contribution is -2.38. The first-order valence-corrected chi connectivity index (χ1v) is 4.95. The van der Waals surface area contributed by atoms with Gasteiger partial charge >= 0.3 is 12.3 Å². The number of hydrogen-bond donors (Lipinski definition) is 1. The van der Waals surface area contributed by atoms with Crippen molar-refractivity contribution >= 4 is 0 Å². The van der Waals surface area contributed by atoms with Crippen molar-refractivity contribution in [2.45, 2.75) is 18.9 Å². The van der Waals surface area contributed by atoms with Gasteiger partial charge in [0.1, 0.15) is 5.75 Å². The fourth-order valence-corrected chi connectivity index (χ4v) is 1.19. The van der Waals surface area contributed by atoms with E-state index in [1.165, 1.54) is 7.11 Å². The van der Waals surface area contributed by atoms with Crippen LogP contribution in [-0.4, -0.2) is 26.0 Å². The van der Waals surface area contributed by atoms with Crippen molar-refractivity contribution in [2.24, 2.45) is 0 Å². The van der Waals surface area contributed by atoms with Crippen molar-refractivity contribution in [2.75, 3.05) is 13.7 Å². The topological polar surface area (TPSA) is 21.3 Å². The van der Waals surface area contributed by atoms with Crippen LogP contribution in [-0.2, 0) is 6.54 Å². The van der Waals surface area contributed by atoms with Crippen LogP contribution in [0.15, 0.2) is 24.3 Å². The molecule has 1 aromatic rings. The highest BCUT2D eigenvalue weighted by atomic mass is 19.3. The summed E-state index contributed by atoms with van der Waals surface area (Å²) in [6, 6.07) is 6.68. The van der Waals surface area contributed by atoms with Crippen LogP contribution in [0, 0.1) is 0 Å². The number of methoxy groups -OCH3 is 1. The van der Waals surface area contributed by atoms with Crippen molar-refractivity contribution in [1.82, 2.24) is 5.32 Å². The Balaban J connectivity index is 2.40. The van der Waals surface area contributed by atoms with Crippen LogP contribution in [0.3, 0.4) is 0 Å². The molecule has 1 rings (SSSR count). The molecule has 0 spiro atoms. The molecule has 6 heteroatoms. The van der Waals surface area contributed by atoms with Gasteiger partial charge in [-0.3, -0.25) is 0 Å². The molecule has 1 aromatic carbocycles. The van der Waals surface area contributed by atoms with Gasteiger partial charge in [0.05, 0.1) is 13.7 Å². The van der Waals surface area contributed by atoms with Crippen molar-refractivity contribution in [3.8, 4) is 5.75 Å². The normalized spacial score (nSPS) is 11.9. The van der Waals surface area contributed by atoms with Gasteiger partial charge in [0.2, 0.25) is 0 Å². The maximum absolute atomic E-state index is 12.5. The minimum atomic E-state index is -3.99. The lowest BCUT2D eigenvalue weighted by Gasteiger charge is -2.15. The van der Waals surface area contributed by atoms with Crippen LogP contribution in [0.5, 0.6) is 5.75 Å². The summed E-state index contributed by atoms with van der Waals surface area (Å²) in [6.07, 6.45) is -3.65. The number of hydrogen-bond acceptors (Lipinski definition) is 2. The average molecular weight is 251 g/mol. The molecule has 0 fully saturated rings. The highest BCUT2D eigenvalue weighted by Gasteiger charge is 2.39. The maximum Gasteiger partial charge on any atom is 0.319 e. The predicted molar refractivity (Wildman–Crippen MR) is 55.7 cm³/mol. The van der Waals surface area contributed by atoms with Crippen LogP contribution in [0.1, 0.15) is 5.56 Å². The van der Waals surface area contributed by atoms with E-state index in [1.54, 1.807) is 24.3 Å². The summed E-state index contributed by atoms with van der Waals surface area (Å²) in [7, 11) is 1.51. The van der Waals surface area contributed by atoms with Crippen molar-refractivity contribution in [1.29, 1.82) is 0 Å². The Morgan fingerprint density at radius 3 is 2.29 bits per heavy atom. The van der Waals surface area contributed by atoms with Gasteiger partial charge in [-0.05, 0) is 17.7 Å². The molecule has 0 bridgehead atoms. The van der Waals surface area contributed by atoms with E-state index in [0.717, 1.165) is 5.56 Å². The Kier molecular flexibility index (Phi) is 4.74. The summed E-state index contributed by atoms with van der Waals surface area (Å²) in [4.78, 5) is 0. The zero-order valence-corrected chi connectivity index (χ0v) is 9.22. The van der Waals surface area contributed by atoms with Gasteiger partial charge in [0, 0.05) is 6.54 Å². The number of alkyl halides is 4. The van der Waals surface area contributed by atoms with E-state index in [2.05, 4.69) is 5.32 Å². The molecule has 0 aliphatic rings. The molecule has 96 valence electrons. The first kappa shape index (κ1) is 13.8. The Hall–Kier alpha value is -1.30. The third-order valence-electron chi connectivity index (χ3n) is 2.17. The maximum atomic E-state index is 12.5. The van der Waals surface area contributed by atoms with Gasteiger partial charge in [0.15, 0.2) is 0 Å². The summed E-state index contributed by atoms with van der Waals surface area (Å²) in [5, 5.41) is 2.29. The van der Waals surface area contributed by atoms with Crippen molar-refractivity contribution in [3.63, 3.8) is 0 Å². The number of ether oxygens (including phenoxy) is 1. The lowest BCUT2D eigenvalue weighted by molar-refractivity contribution is -0.125. The summed E-state index contributed by atoms with van der Waals surface area (Å²) < 4.78 is 53.7. The zero-order chi connectivity index (χ0) is 12.9. The van der Waals surface area contributed by atoms with Crippen LogP contribution < -0.4 is 10.1 Å². The third kappa shape index (κ3) is 4.22. The quantitative estimate of drug-likeness (QED) is 0.785. The van der Waals surface area contributed by atoms with Crippen molar-refractivity contribution in [3.05, 3.63) is 29.8 Å². The molecular formula is C11H13F4NO. The Labute approximate surface area is 96.6 Å². The van der Waals surface area contributed by atoms with E-state index < -0.39 is 18.9 Å². The summed E-state index contributed by atoms with van der Waals surface area (Å²) >= 11 is 0. The summed E-state index contributed by atoms with van der Waals surface area (Å²) in [5.41, 5.74) is 0.718. The molecular weight excluding hydrogens is 238 g/mol. The van der Waals surface area contributed by atoms with Crippen LogP contribution in [0.2, 0.25) is 0 Å². The van der Waals surface area contributed by atoms with Gasteiger partial charge in [0.25, 0.3) is 0 Å². The highest BCUT2D eigenvalue weighted by Crippen LogP contribution is 2.21. The Morgan fingerprint density at radius 1 is 1.24 bits per heavy atom. The summed E-state index contributed by atoms with van der Waals surface area (Å²) in [5.74, 6) is -3.35. The highest BCUT2D eigenvalue weighted by molar-refractivity contribution is 5.26. The van der Waals surface area contributed by atoms with Gasteiger partial charge in [-0.1, -0.05) is 12.1 Å². The van der Waals surface area contributed by atoms with Gasteiger partial charge in [-0.15, -0.1) is 0 Å². The third-order valence-corrected chi connectivity index (χ3v) is 2.17. The van der Waals surface area contributed by atoms with E-state index in [9.17, 15) is 17.6 Å². The van der Waals surface area contributed by atoms with Crippen LogP contribution in [0.25, 0.3) is 0 Å². The molecule has 0 heterocycles. The predicted octanol–water partition coefficient (Wildman–Crippen LogP) is 2.69. The number of nitrogens with one attached hydrogen (secondary N) is 1. The van der Waals surface area contributed by atoms with E-state index >= 15 is 0 Å². The minimum absolute atomic E-state index is 0.103. The SMILES string of the molecule is COc1ccc(CNCC(F)(F)C(F)F)cc1. The zero-order valence-electron chi connectivity index (χ0n) is 9.22. The molecule has 0 radical (unpaired) electrons. The molecule has 1 N–H and O–H groups in total. The Morgan fingerprint density at radius 2 is 1.82 bits per heavy atom. The first-order chi connectivity index (χ1) is 7.95. The molecule has 2 nitrogen and oxygen atoms in total. The van der Waals surface area contributed by atoms with Gasteiger partial charge in [-0.25, -0.2) is 8.78 Å². The van der Waals surface area contributed by atoms with Crippen LogP contribution >= 0.6 is 0 Å². The summed E-state index contributed by atoms with van der Waals surface area (Å²) in [6.45, 7) is -0.941. The molecule has 0 saturated heterocycles. The van der Waals surface area contributed by atoms with Crippen molar-refractivity contribution < 1.29 is 22.3 Å². The van der Waals surface area contributed by atoms with E-state index in [4.69, 9.17) is 4.74 Å². The largest absolute Gasteiger partial charge is 0.497 e. The molecule has 17 heavy (non-hydrogen) atoms. The molecule has 0 amide bonds. The van der Waals surface area contributed by atoms with Gasteiger partial charge < -0.3 is 10.1 Å². The molecule has 0 aliphatic heterocycles. The molecule has 0 unspecified atom stereocenters. The number of rotatable bonds is 6. The molecule has 0 saturated carbocycles. The fourth-order valence-electron chi connectivity index (χ4n) is 1.19. The monoisotopic (exact) mass is 251 g/mol. The van der Waals surface area contributed by atoms with Crippen LogP contribution in [0.4, 0.5) is 17.6 Å². The number of benzene rings is 1. The second-order valence-electron chi connectivity index (χ2n) is 3.51.